The van der Waals surface area contributed by atoms with Crippen LogP contribution in [0, 0.1) is 5.92 Å². The predicted molar refractivity (Wildman–Crippen MR) is 140 cm³/mol. The number of hydrogen-bond donors (Lipinski definition) is 1. The Morgan fingerprint density at radius 3 is 2.36 bits per heavy atom. The maximum atomic E-state index is 10.8. The Balaban J connectivity index is 0.000000281. The third kappa shape index (κ3) is 4.71. The smallest absolute Gasteiger partial charge is 0.0821 e. The standard InChI is InChI=1S/C25H22O.C5H6OS/c26-25(18-7-2-1-3-8-18)20-12-13-22-19(16-20)11-15-23-21-9-5-4-6-17(21)10-14-24(22)23;6-7-4-2-1-3-5-7/h1-11,14-15,20,25-26H,12-13,16H2;1-4H,5H2. The van der Waals surface area contributed by atoms with Crippen LogP contribution in [0.2, 0.25) is 0 Å². The molecule has 0 fully saturated rings. The summed E-state index contributed by atoms with van der Waals surface area (Å²) in [6, 6.07) is 27.8. The van der Waals surface area contributed by atoms with E-state index in [0.717, 1.165) is 24.8 Å². The second-order valence-corrected chi connectivity index (χ2v) is 10.1. The van der Waals surface area contributed by atoms with Gasteiger partial charge in [0.1, 0.15) is 0 Å². The van der Waals surface area contributed by atoms with Gasteiger partial charge in [-0.1, -0.05) is 97.1 Å². The summed E-state index contributed by atoms with van der Waals surface area (Å²) in [5, 5.41) is 17.9. The Labute approximate surface area is 197 Å². The van der Waals surface area contributed by atoms with Gasteiger partial charge < -0.3 is 5.11 Å². The maximum Gasteiger partial charge on any atom is 0.0821 e. The Morgan fingerprint density at radius 2 is 1.61 bits per heavy atom. The van der Waals surface area contributed by atoms with Gasteiger partial charge in [-0.15, -0.1) is 0 Å². The average molecular weight is 453 g/mol. The van der Waals surface area contributed by atoms with Crippen LogP contribution >= 0.6 is 0 Å². The van der Waals surface area contributed by atoms with Crippen molar-refractivity contribution in [3.8, 4) is 0 Å². The van der Waals surface area contributed by atoms with Crippen LogP contribution in [0.3, 0.4) is 0 Å². The van der Waals surface area contributed by atoms with Gasteiger partial charge in [-0.05, 0) is 63.4 Å². The summed E-state index contributed by atoms with van der Waals surface area (Å²) < 4.78 is 10.4. The van der Waals surface area contributed by atoms with Crippen LogP contribution in [0.5, 0.6) is 0 Å². The van der Waals surface area contributed by atoms with E-state index >= 15 is 0 Å². The van der Waals surface area contributed by atoms with Crippen LogP contribution in [-0.4, -0.2) is 15.1 Å². The minimum Gasteiger partial charge on any atom is -0.388 e. The van der Waals surface area contributed by atoms with E-state index in [2.05, 4.69) is 48.5 Å². The number of benzene rings is 4. The highest BCUT2D eigenvalue weighted by Crippen LogP contribution is 2.38. The number of allylic oxidation sites excluding steroid dienone is 2. The van der Waals surface area contributed by atoms with Crippen LogP contribution in [0.15, 0.2) is 102 Å². The fraction of sp³-hybridized carbons (Fsp3) is 0.200. The summed E-state index contributed by atoms with van der Waals surface area (Å²) in [6.07, 6.45) is 8.26. The number of rotatable bonds is 2. The first kappa shape index (κ1) is 21.8. The van der Waals surface area contributed by atoms with Crippen molar-refractivity contribution in [2.24, 2.45) is 5.92 Å². The fourth-order valence-electron chi connectivity index (χ4n) is 5.01. The van der Waals surface area contributed by atoms with Crippen molar-refractivity contribution < 1.29 is 9.32 Å². The number of aliphatic hydroxyl groups excluding tert-OH is 1. The molecule has 0 aromatic heterocycles. The van der Waals surface area contributed by atoms with Crippen LogP contribution < -0.4 is 0 Å². The van der Waals surface area contributed by atoms with E-state index in [9.17, 15) is 9.32 Å². The van der Waals surface area contributed by atoms with Crippen LogP contribution in [-0.2, 0) is 23.6 Å². The monoisotopic (exact) mass is 452 g/mol. The third-order valence-corrected chi connectivity index (χ3v) is 7.69. The van der Waals surface area contributed by atoms with E-state index < -0.39 is 10.8 Å². The second kappa shape index (κ2) is 9.86. The fourth-order valence-corrected chi connectivity index (χ4v) is 5.68. The van der Waals surface area contributed by atoms with E-state index in [1.165, 1.54) is 32.7 Å². The molecule has 0 spiro atoms. The Hall–Kier alpha value is -3.01. The molecule has 2 aliphatic rings. The summed E-state index contributed by atoms with van der Waals surface area (Å²) in [6.45, 7) is 0. The molecule has 166 valence electrons. The topological polar surface area (TPSA) is 37.3 Å². The van der Waals surface area contributed by atoms with Crippen molar-refractivity contribution in [3.63, 3.8) is 0 Å². The highest BCUT2D eigenvalue weighted by atomic mass is 32.2. The molecule has 1 aliphatic heterocycles. The molecule has 1 aliphatic carbocycles. The summed E-state index contributed by atoms with van der Waals surface area (Å²) in [5.74, 6) is 0.985. The van der Waals surface area contributed by atoms with Gasteiger partial charge in [0, 0.05) is 22.0 Å². The van der Waals surface area contributed by atoms with Gasteiger partial charge in [-0.25, -0.2) is 0 Å². The lowest BCUT2D eigenvalue weighted by Crippen LogP contribution is -2.21. The Bertz CT molecular complexity index is 1350. The van der Waals surface area contributed by atoms with Crippen molar-refractivity contribution >= 4 is 32.3 Å². The summed E-state index contributed by atoms with van der Waals surface area (Å²) >= 11 is 0. The summed E-state index contributed by atoms with van der Waals surface area (Å²) in [5.41, 5.74) is 3.91. The molecule has 6 rings (SSSR count). The van der Waals surface area contributed by atoms with E-state index in [0.29, 0.717) is 11.7 Å². The van der Waals surface area contributed by atoms with Crippen molar-refractivity contribution in [3.05, 3.63) is 119 Å². The van der Waals surface area contributed by atoms with Gasteiger partial charge in [-0.2, -0.15) is 0 Å². The number of hydrogen-bond acceptors (Lipinski definition) is 2. The van der Waals surface area contributed by atoms with Gasteiger partial charge in [0.15, 0.2) is 0 Å². The molecule has 2 nitrogen and oxygen atoms in total. The first-order chi connectivity index (χ1) is 16.2. The predicted octanol–water partition coefficient (Wildman–Crippen LogP) is 6.65. The molecule has 33 heavy (non-hydrogen) atoms. The molecule has 3 heteroatoms. The zero-order valence-corrected chi connectivity index (χ0v) is 19.4. The lowest BCUT2D eigenvalue weighted by molar-refractivity contribution is 0.0996. The quantitative estimate of drug-likeness (QED) is 0.346. The van der Waals surface area contributed by atoms with Gasteiger partial charge in [0.2, 0.25) is 0 Å². The highest BCUT2D eigenvalue weighted by molar-refractivity contribution is 7.88. The van der Waals surface area contributed by atoms with Crippen molar-refractivity contribution in [1.82, 2.24) is 0 Å². The number of aliphatic hydroxyl groups is 1. The lowest BCUT2D eigenvalue weighted by Gasteiger charge is -2.29. The molecule has 0 saturated heterocycles. The first-order valence-electron chi connectivity index (χ1n) is 11.6. The lowest BCUT2D eigenvalue weighted by atomic mass is 9.77. The van der Waals surface area contributed by atoms with Gasteiger partial charge in [0.05, 0.1) is 6.10 Å². The maximum absolute atomic E-state index is 10.8. The number of aryl methyl sites for hydroxylation is 1. The Kier molecular flexibility index (Phi) is 6.52. The summed E-state index contributed by atoms with van der Waals surface area (Å²) in [4.78, 5) is 0. The minimum absolute atomic E-state index is 0.294. The van der Waals surface area contributed by atoms with Crippen LogP contribution in [0.4, 0.5) is 0 Å². The van der Waals surface area contributed by atoms with Crippen molar-refractivity contribution in [2.45, 2.75) is 25.4 Å². The van der Waals surface area contributed by atoms with Crippen molar-refractivity contribution in [1.29, 1.82) is 0 Å². The Morgan fingerprint density at radius 1 is 0.818 bits per heavy atom. The zero-order chi connectivity index (χ0) is 22.6. The molecule has 0 amide bonds. The van der Waals surface area contributed by atoms with Crippen LogP contribution in [0.25, 0.3) is 21.5 Å². The second-order valence-electron chi connectivity index (χ2n) is 8.75. The highest BCUT2D eigenvalue weighted by Gasteiger charge is 2.27. The molecule has 0 bridgehead atoms. The van der Waals surface area contributed by atoms with E-state index in [-0.39, 0.29) is 6.10 Å². The minimum atomic E-state index is -0.708. The molecule has 1 heterocycles. The average Bonchev–Trinajstić information content (AvgIpc) is 2.89. The SMILES string of the molecule is O=S1C=CC=CC1.OC(c1ccccc1)C1CCc2c(ccc3c2ccc2ccccc23)C1. The normalized spacial score (nSPS) is 20.2. The van der Waals surface area contributed by atoms with Crippen molar-refractivity contribution in [2.75, 3.05) is 5.75 Å². The molecule has 0 radical (unpaired) electrons. The molecular formula is C30H28O2S. The molecular weight excluding hydrogens is 424 g/mol. The van der Waals surface area contributed by atoms with E-state index in [1.54, 1.807) is 11.5 Å². The van der Waals surface area contributed by atoms with E-state index in [4.69, 9.17) is 0 Å². The molecule has 1 N–H and O–H groups in total. The third-order valence-electron chi connectivity index (χ3n) is 6.71. The van der Waals surface area contributed by atoms with Gasteiger partial charge in [-0.3, -0.25) is 4.21 Å². The molecule has 3 atom stereocenters. The summed E-state index contributed by atoms with van der Waals surface area (Å²) in [7, 11) is -0.708. The largest absolute Gasteiger partial charge is 0.388 e. The van der Waals surface area contributed by atoms with Gasteiger partial charge >= 0.3 is 0 Å². The van der Waals surface area contributed by atoms with E-state index in [1.807, 2.05) is 42.5 Å². The molecule has 0 saturated carbocycles. The zero-order valence-electron chi connectivity index (χ0n) is 18.6. The van der Waals surface area contributed by atoms with Gasteiger partial charge in [0.25, 0.3) is 0 Å². The van der Waals surface area contributed by atoms with Crippen LogP contribution in [0.1, 0.15) is 29.2 Å². The molecule has 4 aromatic carbocycles. The first-order valence-corrected chi connectivity index (χ1v) is 12.9. The molecule has 4 aromatic rings. The number of fused-ring (bicyclic) bond motifs is 5. The molecule has 3 unspecified atom stereocenters.